The minimum absolute atomic E-state index is 0.0533. The molecule has 2 amide bonds. The highest BCUT2D eigenvalue weighted by Gasteiger charge is 2.30. The number of rotatable bonds is 4. The summed E-state index contributed by atoms with van der Waals surface area (Å²) in [6.07, 6.45) is 2.16. The van der Waals surface area contributed by atoms with Crippen LogP contribution < -0.4 is 5.32 Å². The lowest BCUT2D eigenvalue weighted by Gasteiger charge is -2.23. The van der Waals surface area contributed by atoms with Gasteiger partial charge in [-0.3, -0.25) is 24.7 Å². The van der Waals surface area contributed by atoms with Gasteiger partial charge in [0.05, 0.1) is 17.0 Å². The lowest BCUT2D eigenvalue weighted by molar-refractivity contribution is -0.134. The van der Waals surface area contributed by atoms with Crippen molar-refractivity contribution in [3.63, 3.8) is 0 Å². The van der Waals surface area contributed by atoms with Gasteiger partial charge in [-0.1, -0.05) is 18.2 Å². The first-order valence-electron chi connectivity index (χ1n) is 8.44. The molecular formula is C19H20N2O4. The van der Waals surface area contributed by atoms with Crippen LogP contribution in [0.25, 0.3) is 0 Å². The number of ketones is 1. The van der Waals surface area contributed by atoms with Gasteiger partial charge in [0.25, 0.3) is 0 Å². The molecular weight excluding hydrogens is 320 g/mol. The van der Waals surface area contributed by atoms with Gasteiger partial charge in [0.1, 0.15) is 5.76 Å². The molecule has 0 spiro atoms. The van der Waals surface area contributed by atoms with Gasteiger partial charge in [0.2, 0.25) is 11.8 Å². The number of hydrogen-bond acceptors (Lipinski definition) is 5. The van der Waals surface area contributed by atoms with E-state index in [1.54, 1.807) is 0 Å². The number of aliphatic imine (C=N–C) groups is 1. The fraction of sp³-hybridized carbons (Fsp3) is 0.368. The van der Waals surface area contributed by atoms with Gasteiger partial charge >= 0.3 is 0 Å². The first-order valence-corrected chi connectivity index (χ1v) is 8.44. The Bertz CT molecular complexity index is 749. The first-order chi connectivity index (χ1) is 12.0. The molecule has 130 valence electrons. The summed E-state index contributed by atoms with van der Waals surface area (Å²) in [6, 6.07) is 9.16. The van der Waals surface area contributed by atoms with E-state index < -0.39 is 0 Å². The Balaban J connectivity index is 1.95. The van der Waals surface area contributed by atoms with Crippen molar-refractivity contribution in [3.8, 4) is 0 Å². The maximum absolute atomic E-state index is 12.4. The number of Topliss-reactive ketones (excluding diaryl/α,β-unsaturated/α-hetero) is 1. The zero-order valence-corrected chi connectivity index (χ0v) is 13.8. The van der Waals surface area contributed by atoms with Crippen LogP contribution in [0.2, 0.25) is 0 Å². The summed E-state index contributed by atoms with van der Waals surface area (Å²) in [5.74, 6) is -0.928. The Morgan fingerprint density at radius 2 is 1.76 bits per heavy atom. The molecule has 0 bridgehead atoms. The Hall–Kier alpha value is -2.76. The molecule has 6 heteroatoms. The topological polar surface area (TPSA) is 95.8 Å². The van der Waals surface area contributed by atoms with Crippen LogP contribution in [0.1, 0.15) is 38.5 Å². The van der Waals surface area contributed by atoms with Gasteiger partial charge in [0, 0.05) is 25.7 Å². The van der Waals surface area contributed by atoms with E-state index in [2.05, 4.69) is 10.3 Å². The molecule has 1 aromatic carbocycles. The fourth-order valence-electron chi connectivity index (χ4n) is 3.29. The molecule has 0 aromatic heterocycles. The van der Waals surface area contributed by atoms with Crippen molar-refractivity contribution in [2.75, 3.05) is 0 Å². The van der Waals surface area contributed by atoms with Crippen LogP contribution in [0.4, 0.5) is 5.69 Å². The average Bonchev–Trinajstić information content (AvgIpc) is 2.54. The summed E-state index contributed by atoms with van der Waals surface area (Å²) < 4.78 is 0. The van der Waals surface area contributed by atoms with E-state index in [-0.39, 0.29) is 47.7 Å². The summed E-state index contributed by atoms with van der Waals surface area (Å²) in [5.41, 5.74) is 1.39. The molecule has 2 N–H and O–H groups in total. The molecule has 1 aliphatic heterocycles. The minimum atomic E-state index is -0.312. The predicted molar refractivity (Wildman–Crippen MR) is 92.5 cm³/mol. The van der Waals surface area contributed by atoms with Gasteiger partial charge in [-0.05, 0) is 30.9 Å². The lowest BCUT2D eigenvalue weighted by Crippen LogP contribution is -2.39. The smallest absolute Gasteiger partial charge is 0.226 e. The molecule has 0 unspecified atom stereocenters. The second-order valence-electron chi connectivity index (χ2n) is 6.44. The number of allylic oxidation sites excluding steroid dienone is 2. The zero-order valence-electron chi connectivity index (χ0n) is 13.8. The van der Waals surface area contributed by atoms with Crippen molar-refractivity contribution in [1.29, 1.82) is 0 Å². The van der Waals surface area contributed by atoms with Gasteiger partial charge in [-0.2, -0.15) is 0 Å². The van der Waals surface area contributed by atoms with Crippen LogP contribution in [0, 0.1) is 5.92 Å². The third-order valence-corrected chi connectivity index (χ3v) is 4.40. The van der Waals surface area contributed by atoms with Crippen molar-refractivity contribution >= 4 is 29.0 Å². The molecule has 1 fully saturated rings. The number of aliphatic hydroxyl groups excluding tert-OH is 1. The normalized spacial score (nSPS) is 20.0. The first kappa shape index (κ1) is 17.1. The quantitative estimate of drug-likeness (QED) is 0.651. The summed E-state index contributed by atoms with van der Waals surface area (Å²) in [5, 5.41) is 12.5. The van der Waals surface area contributed by atoms with Crippen LogP contribution in [-0.2, 0) is 14.4 Å². The van der Waals surface area contributed by atoms with E-state index in [1.807, 2.05) is 30.3 Å². The van der Waals surface area contributed by atoms with Crippen molar-refractivity contribution in [2.24, 2.45) is 10.9 Å². The van der Waals surface area contributed by atoms with E-state index in [0.29, 0.717) is 37.1 Å². The summed E-state index contributed by atoms with van der Waals surface area (Å²) in [7, 11) is 0. The van der Waals surface area contributed by atoms with Crippen LogP contribution in [0.5, 0.6) is 0 Å². The third-order valence-electron chi connectivity index (χ3n) is 4.40. The monoisotopic (exact) mass is 340 g/mol. The number of aliphatic hydroxyl groups is 1. The molecule has 0 atom stereocenters. The van der Waals surface area contributed by atoms with Crippen molar-refractivity contribution in [3.05, 3.63) is 41.7 Å². The maximum atomic E-state index is 12.4. The highest BCUT2D eigenvalue weighted by atomic mass is 16.3. The molecule has 0 radical (unpaired) electrons. The Morgan fingerprint density at radius 3 is 2.40 bits per heavy atom. The van der Waals surface area contributed by atoms with E-state index in [9.17, 15) is 19.5 Å². The second-order valence-corrected chi connectivity index (χ2v) is 6.44. The standard InChI is InChI=1S/C19H20N2O4/c22-15-7-4-8-16(23)19(15)14(20-13-5-2-1-3-6-13)9-12-10-17(24)21-18(25)11-12/h1-3,5-6,12,22H,4,7-11H2,(H,21,24,25). The van der Waals surface area contributed by atoms with E-state index in [1.165, 1.54) is 0 Å². The second kappa shape index (κ2) is 7.42. The molecule has 3 rings (SSSR count). The van der Waals surface area contributed by atoms with Gasteiger partial charge in [0.15, 0.2) is 5.78 Å². The summed E-state index contributed by atoms with van der Waals surface area (Å²) in [4.78, 5) is 40.2. The number of carbonyl (C=O) groups excluding carboxylic acids is 3. The SMILES string of the molecule is O=C1CC(CC(=Nc2ccccc2)C2=C(O)CCCC2=O)CC(=O)N1. The number of hydrogen-bond donors (Lipinski definition) is 2. The molecule has 0 saturated carbocycles. The van der Waals surface area contributed by atoms with Gasteiger partial charge < -0.3 is 5.11 Å². The number of imide groups is 1. The molecule has 1 aliphatic carbocycles. The zero-order chi connectivity index (χ0) is 17.8. The number of carbonyl (C=O) groups is 3. The Morgan fingerprint density at radius 1 is 1.08 bits per heavy atom. The highest BCUT2D eigenvalue weighted by Crippen LogP contribution is 2.28. The van der Waals surface area contributed by atoms with Crippen LogP contribution in [0.3, 0.4) is 0 Å². The van der Waals surface area contributed by atoms with Crippen LogP contribution in [0.15, 0.2) is 46.7 Å². The summed E-state index contributed by atoms with van der Waals surface area (Å²) in [6.45, 7) is 0. The number of para-hydroxylation sites is 1. The number of benzene rings is 1. The fourth-order valence-corrected chi connectivity index (χ4v) is 3.29. The Labute approximate surface area is 145 Å². The van der Waals surface area contributed by atoms with Crippen LogP contribution >= 0.6 is 0 Å². The van der Waals surface area contributed by atoms with Crippen molar-refractivity contribution in [1.82, 2.24) is 5.32 Å². The van der Waals surface area contributed by atoms with E-state index in [4.69, 9.17) is 0 Å². The predicted octanol–water partition coefficient (Wildman–Crippen LogP) is 2.77. The maximum Gasteiger partial charge on any atom is 0.226 e. The number of piperidine rings is 1. The van der Waals surface area contributed by atoms with Gasteiger partial charge in [-0.25, -0.2) is 0 Å². The van der Waals surface area contributed by atoms with Crippen molar-refractivity contribution in [2.45, 2.75) is 38.5 Å². The van der Waals surface area contributed by atoms with Crippen LogP contribution in [-0.4, -0.2) is 28.4 Å². The van der Waals surface area contributed by atoms with E-state index in [0.717, 1.165) is 0 Å². The molecule has 1 aromatic rings. The van der Waals surface area contributed by atoms with E-state index >= 15 is 0 Å². The average molecular weight is 340 g/mol. The third kappa shape index (κ3) is 4.21. The van der Waals surface area contributed by atoms with Gasteiger partial charge in [-0.15, -0.1) is 0 Å². The number of nitrogens with one attached hydrogen (secondary N) is 1. The lowest BCUT2D eigenvalue weighted by atomic mass is 9.85. The molecule has 6 nitrogen and oxygen atoms in total. The minimum Gasteiger partial charge on any atom is -0.511 e. The molecule has 1 heterocycles. The molecule has 25 heavy (non-hydrogen) atoms. The number of nitrogens with zero attached hydrogens (tertiary/aromatic N) is 1. The van der Waals surface area contributed by atoms with Crippen molar-refractivity contribution < 1.29 is 19.5 Å². The largest absolute Gasteiger partial charge is 0.511 e. The Kier molecular flexibility index (Phi) is 5.07. The molecule has 2 aliphatic rings. The molecule has 1 saturated heterocycles. The summed E-state index contributed by atoms with van der Waals surface area (Å²) >= 11 is 0. The highest BCUT2D eigenvalue weighted by molar-refractivity contribution is 6.23. The number of amides is 2.